The van der Waals surface area contributed by atoms with Crippen LogP contribution in [0.4, 0.5) is 0 Å². The Morgan fingerprint density at radius 1 is 0.950 bits per heavy atom. The molecule has 0 aromatic carbocycles. The van der Waals surface area contributed by atoms with Crippen LogP contribution in [0.1, 0.15) is 53.9 Å². The molecule has 5 nitrogen and oxygen atoms in total. The summed E-state index contributed by atoms with van der Waals surface area (Å²) in [5.74, 6) is -0.289. The molecule has 0 N–H and O–H groups in total. The molecule has 0 radical (unpaired) electrons. The smallest absolute Gasteiger partial charge is 0.465 e. The van der Waals surface area contributed by atoms with E-state index in [4.69, 9.17) is 18.0 Å². The maximum atomic E-state index is 12.1. The Bertz CT molecular complexity index is 243. The molecule has 0 bridgehead atoms. The number of esters is 1. The summed E-state index contributed by atoms with van der Waals surface area (Å²) in [5.41, 5.74) is -0.496. The first kappa shape index (κ1) is 19.6. The van der Waals surface area contributed by atoms with Gasteiger partial charge in [-0.3, -0.25) is 4.79 Å². The van der Waals surface area contributed by atoms with Gasteiger partial charge in [0.05, 0.1) is 6.61 Å². The van der Waals surface area contributed by atoms with Crippen LogP contribution in [-0.4, -0.2) is 41.2 Å². The van der Waals surface area contributed by atoms with Crippen molar-refractivity contribution >= 4 is 14.8 Å². The molecule has 0 heterocycles. The van der Waals surface area contributed by atoms with Crippen LogP contribution < -0.4 is 0 Å². The molecule has 0 aliphatic rings. The van der Waals surface area contributed by atoms with Gasteiger partial charge in [0.15, 0.2) is 0 Å². The topological polar surface area (TPSA) is 54.0 Å². The average molecular weight is 306 g/mol. The third kappa shape index (κ3) is 6.34. The van der Waals surface area contributed by atoms with Crippen molar-refractivity contribution < 1.29 is 22.8 Å². The number of rotatable bonds is 12. The SMILES string of the molecule is CCCCCOC(=O)C(C)[Si](OCC)(OCC)OCC. The van der Waals surface area contributed by atoms with Crippen molar-refractivity contribution in [3.8, 4) is 0 Å². The largest absolute Gasteiger partial charge is 0.515 e. The summed E-state index contributed by atoms with van der Waals surface area (Å²) in [6.45, 7) is 11.3. The highest BCUT2D eigenvalue weighted by molar-refractivity contribution is 6.66. The van der Waals surface area contributed by atoms with Gasteiger partial charge in [0.25, 0.3) is 0 Å². The van der Waals surface area contributed by atoms with Gasteiger partial charge >= 0.3 is 14.8 Å². The number of ether oxygens (including phenoxy) is 1. The molecule has 0 aliphatic carbocycles. The van der Waals surface area contributed by atoms with Gasteiger partial charge in [-0.2, -0.15) is 0 Å². The zero-order chi connectivity index (χ0) is 15.4. The lowest BCUT2D eigenvalue weighted by molar-refractivity contribution is -0.145. The van der Waals surface area contributed by atoms with E-state index >= 15 is 0 Å². The molecule has 120 valence electrons. The summed E-state index contributed by atoms with van der Waals surface area (Å²) in [7, 11) is -3.01. The molecule has 0 saturated carbocycles. The lowest BCUT2D eigenvalue weighted by Gasteiger charge is -2.32. The van der Waals surface area contributed by atoms with Crippen LogP contribution in [0.25, 0.3) is 0 Å². The number of hydrogen-bond acceptors (Lipinski definition) is 5. The van der Waals surface area contributed by atoms with Crippen LogP contribution >= 0.6 is 0 Å². The third-order valence-electron chi connectivity index (χ3n) is 2.91. The molecule has 6 heteroatoms. The Morgan fingerprint density at radius 3 is 1.85 bits per heavy atom. The highest BCUT2D eigenvalue weighted by atomic mass is 28.4. The van der Waals surface area contributed by atoms with E-state index in [0.717, 1.165) is 19.3 Å². The first-order valence-electron chi connectivity index (χ1n) is 7.66. The Labute approximate surface area is 124 Å². The molecular formula is C14H30O5Si. The number of unbranched alkanes of at least 4 members (excludes halogenated alkanes) is 2. The second kappa shape index (κ2) is 11.3. The molecule has 0 aromatic rings. The fraction of sp³-hybridized carbons (Fsp3) is 0.929. The van der Waals surface area contributed by atoms with Gasteiger partial charge < -0.3 is 18.0 Å². The predicted molar refractivity (Wildman–Crippen MR) is 80.5 cm³/mol. The minimum absolute atomic E-state index is 0.289. The second-order valence-electron chi connectivity index (χ2n) is 4.50. The van der Waals surface area contributed by atoms with Crippen molar-refractivity contribution in [3.63, 3.8) is 0 Å². The lowest BCUT2D eigenvalue weighted by Crippen LogP contribution is -2.52. The number of hydrogen-bond donors (Lipinski definition) is 0. The minimum Gasteiger partial charge on any atom is -0.465 e. The van der Waals surface area contributed by atoms with Crippen molar-refractivity contribution in [2.45, 2.75) is 59.4 Å². The fourth-order valence-electron chi connectivity index (χ4n) is 1.90. The molecule has 0 fully saturated rings. The van der Waals surface area contributed by atoms with E-state index in [0.29, 0.717) is 26.4 Å². The van der Waals surface area contributed by atoms with Crippen LogP contribution in [0.15, 0.2) is 0 Å². The monoisotopic (exact) mass is 306 g/mol. The van der Waals surface area contributed by atoms with Gasteiger partial charge in [0.2, 0.25) is 0 Å². The van der Waals surface area contributed by atoms with E-state index in [1.807, 2.05) is 20.8 Å². The van der Waals surface area contributed by atoms with E-state index in [9.17, 15) is 4.79 Å². The van der Waals surface area contributed by atoms with Crippen LogP contribution in [-0.2, 0) is 22.8 Å². The first-order valence-corrected chi connectivity index (χ1v) is 9.46. The molecular weight excluding hydrogens is 276 g/mol. The van der Waals surface area contributed by atoms with E-state index < -0.39 is 14.3 Å². The van der Waals surface area contributed by atoms with E-state index in [-0.39, 0.29) is 5.97 Å². The fourth-order valence-corrected chi connectivity index (χ4v) is 4.48. The molecule has 0 rings (SSSR count). The Hall–Kier alpha value is -0.433. The van der Waals surface area contributed by atoms with Crippen molar-refractivity contribution in [3.05, 3.63) is 0 Å². The summed E-state index contributed by atoms with van der Waals surface area (Å²) < 4.78 is 22.5. The molecule has 1 atom stereocenters. The molecule has 0 spiro atoms. The van der Waals surface area contributed by atoms with Crippen molar-refractivity contribution in [1.82, 2.24) is 0 Å². The van der Waals surface area contributed by atoms with Crippen molar-refractivity contribution in [1.29, 1.82) is 0 Å². The zero-order valence-electron chi connectivity index (χ0n) is 13.6. The van der Waals surface area contributed by atoms with Gasteiger partial charge in [0.1, 0.15) is 5.54 Å². The van der Waals surface area contributed by atoms with Gasteiger partial charge in [0, 0.05) is 19.8 Å². The van der Waals surface area contributed by atoms with Gasteiger partial charge in [-0.05, 0) is 34.1 Å². The van der Waals surface area contributed by atoms with Crippen LogP contribution in [0.2, 0.25) is 5.54 Å². The predicted octanol–water partition coefficient (Wildman–Crippen LogP) is 3.16. The highest BCUT2D eigenvalue weighted by Gasteiger charge is 2.51. The summed E-state index contributed by atoms with van der Waals surface area (Å²) in [6.07, 6.45) is 3.05. The van der Waals surface area contributed by atoms with Crippen molar-refractivity contribution in [2.75, 3.05) is 26.4 Å². The Balaban J connectivity index is 4.64. The Kier molecular flexibility index (Phi) is 11.0. The van der Waals surface area contributed by atoms with Crippen LogP contribution in [0.3, 0.4) is 0 Å². The molecule has 0 amide bonds. The number of carbonyl (C=O) groups excluding carboxylic acids is 1. The summed E-state index contributed by atoms with van der Waals surface area (Å²) in [6, 6.07) is 0. The molecule has 0 aromatic heterocycles. The lowest BCUT2D eigenvalue weighted by atomic mass is 10.3. The van der Waals surface area contributed by atoms with E-state index in [1.54, 1.807) is 6.92 Å². The molecule has 0 aliphatic heterocycles. The Morgan fingerprint density at radius 2 is 1.45 bits per heavy atom. The maximum Gasteiger partial charge on any atom is 0.515 e. The van der Waals surface area contributed by atoms with Crippen molar-refractivity contribution in [2.24, 2.45) is 0 Å². The van der Waals surface area contributed by atoms with Gasteiger partial charge in [-0.15, -0.1) is 0 Å². The first-order chi connectivity index (χ1) is 9.57. The van der Waals surface area contributed by atoms with Crippen LogP contribution in [0.5, 0.6) is 0 Å². The quantitative estimate of drug-likeness (QED) is 0.315. The second-order valence-corrected chi connectivity index (χ2v) is 7.44. The average Bonchev–Trinajstić information content (AvgIpc) is 2.43. The molecule has 0 saturated heterocycles. The van der Waals surface area contributed by atoms with E-state index in [1.165, 1.54) is 0 Å². The third-order valence-corrected chi connectivity index (χ3v) is 6.28. The van der Waals surface area contributed by atoms with Crippen LogP contribution in [0, 0.1) is 0 Å². The standard InChI is InChI=1S/C14H30O5Si/c1-6-10-11-12-16-14(15)13(5)20(17-7-2,18-8-3)19-9-4/h13H,6-12H2,1-5H3. The summed E-state index contributed by atoms with van der Waals surface area (Å²) >= 11 is 0. The molecule has 1 unspecified atom stereocenters. The van der Waals surface area contributed by atoms with Gasteiger partial charge in [-0.25, -0.2) is 0 Å². The minimum atomic E-state index is -3.01. The normalized spacial score (nSPS) is 13.2. The molecule has 20 heavy (non-hydrogen) atoms. The van der Waals surface area contributed by atoms with Gasteiger partial charge in [-0.1, -0.05) is 19.8 Å². The number of carbonyl (C=O) groups is 1. The van der Waals surface area contributed by atoms with E-state index in [2.05, 4.69) is 6.92 Å². The summed E-state index contributed by atoms with van der Waals surface area (Å²) in [5, 5.41) is 0. The highest BCUT2D eigenvalue weighted by Crippen LogP contribution is 2.27. The zero-order valence-corrected chi connectivity index (χ0v) is 14.6. The summed E-state index contributed by atoms with van der Waals surface area (Å²) in [4.78, 5) is 12.1. The maximum absolute atomic E-state index is 12.1.